The van der Waals surface area contributed by atoms with Crippen molar-refractivity contribution in [2.24, 2.45) is 0 Å². The third-order valence-corrected chi connectivity index (χ3v) is 3.71. The van der Waals surface area contributed by atoms with E-state index in [0.717, 1.165) is 25.7 Å². The zero-order valence-corrected chi connectivity index (χ0v) is 13.7. The van der Waals surface area contributed by atoms with Gasteiger partial charge in [-0.25, -0.2) is 0 Å². The Morgan fingerprint density at radius 3 is 2.43 bits per heavy atom. The Morgan fingerprint density at radius 2 is 1.87 bits per heavy atom. The van der Waals surface area contributed by atoms with Crippen LogP contribution in [0.1, 0.15) is 12.5 Å². The molecule has 8 heteroatoms. The molecule has 1 aliphatic heterocycles. The average Bonchev–Trinajstić information content (AvgIpc) is 2.47. The molecule has 1 aliphatic rings. The molecule has 0 bridgehead atoms. The third kappa shape index (κ3) is 5.91. The number of hydrogen-bond donors (Lipinski definition) is 1. The fraction of sp³-hybridized carbons (Fsp3) is 0.533. The Kier molecular flexibility index (Phi) is 7.15. The molecule has 23 heavy (non-hydrogen) atoms. The van der Waals surface area contributed by atoms with Crippen molar-refractivity contribution in [1.82, 2.24) is 10.2 Å². The predicted molar refractivity (Wildman–Crippen MR) is 86.0 cm³/mol. The molecular formula is C15H21ClF3N3O. The van der Waals surface area contributed by atoms with Crippen molar-refractivity contribution in [1.29, 1.82) is 0 Å². The van der Waals surface area contributed by atoms with Gasteiger partial charge in [0.25, 0.3) is 0 Å². The maximum atomic E-state index is 12.7. The molecule has 1 fully saturated rings. The topological polar surface area (TPSA) is 35.6 Å². The van der Waals surface area contributed by atoms with Gasteiger partial charge in [0, 0.05) is 51.9 Å². The normalized spacial score (nSPS) is 15.9. The summed E-state index contributed by atoms with van der Waals surface area (Å²) in [6.45, 7) is 5.74. The van der Waals surface area contributed by atoms with Crippen LogP contribution in [0, 0.1) is 0 Å². The Balaban J connectivity index is 0.00000264. The first-order valence-electron chi connectivity index (χ1n) is 7.25. The molecule has 4 nitrogen and oxygen atoms in total. The van der Waals surface area contributed by atoms with Crippen LogP contribution in [-0.4, -0.2) is 50.1 Å². The van der Waals surface area contributed by atoms with Gasteiger partial charge >= 0.3 is 6.18 Å². The predicted octanol–water partition coefficient (Wildman–Crippen LogP) is 2.39. The molecule has 1 N–H and O–H groups in total. The maximum Gasteiger partial charge on any atom is 0.416 e. The van der Waals surface area contributed by atoms with Gasteiger partial charge in [0.2, 0.25) is 5.91 Å². The van der Waals surface area contributed by atoms with Crippen molar-refractivity contribution in [2.45, 2.75) is 13.1 Å². The highest BCUT2D eigenvalue weighted by atomic mass is 35.5. The van der Waals surface area contributed by atoms with Crippen molar-refractivity contribution < 1.29 is 18.0 Å². The molecule has 1 amide bonds. The van der Waals surface area contributed by atoms with E-state index < -0.39 is 11.7 Å². The summed E-state index contributed by atoms with van der Waals surface area (Å²) < 4.78 is 38.2. The van der Waals surface area contributed by atoms with Gasteiger partial charge in [-0.15, -0.1) is 12.4 Å². The third-order valence-electron chi connectivity index (χ3n) is 3.71. The van der Waals surface area contributed by atoms with Crippen LogP contribution >= 0.6 is 12.4 Å². The van der Waals surface area contributed by atoms with E-state index in [2.05, 4.69) is 10.2 Å². The Hall–Kier alpha value is -1.47. The lowest BCUT2D eigenvalue weighted by Gasteiger charge is -2.36. The number of hydrogen-bond acceptors (Lipinski definition) is 3. The fourth-order valence-electron chi connectivity index (χ4n) is 2.50. The average molecular weight is 352 g/mol. The van der Waals surface area contributed by atoms with Crippen LogP contribution in [0.25, 0.3) is 0 Å². The highest BCUT2D eigenvalue weighted by Gasteiger charge is 2.31. The van der Waals surface area contributed by atoms with Gasteiger partial charge in [0.05, 0.1) is 5.56 Å². The number of anilines is 1. The number of nitrogens with one attached hydrogen (secondary N) is 1. The summed E-state index contributed by atoms with van der Waals surface area (Å²) in [4.78, 5) is 15.0. The standard InChI is InChI=1S/C15H20F3N3O.ClH/c1-12(22)19-5-6-20-7-9-21(10-8-20)14-4-2-3-13(11-14)15(16,17)18;/h2-4,11H,5-10H2,1H3,(H,19,22);1H. The summed E-state index contributed by atoms with van der Waals surface area (Å²) in [7, 11) is 0. The zero-order valence-electron chi connectivity index (χ0n) is 12.9. The SMILES string of the molecule is CC(=O)NCCN1CCN(c2cccc(C(F)(F)F)c2)CC1.Cl. The fourth-order valence-corrected chi connectivity index (χ4v) is 2.50. The molecule has 0 spiro atoms. The highest BCUT2D eigenvalue weighted by Crippen LogP contribution is 2.31. The number of benzene rings is 1. The van der Waals surface area contributed by atoms with Crippen LogP contribution in [0.3, 0.4) is 0 Å². The van der Waals surface area contributed by atoms with E-state index in [-0.39, 0.29) is 18.3 Å². The number of carbonyl (C=O) groups excluding carboxylic acids is 1. The first-order chi connectivity index (χ1) is 10.4. The summed E-state index contributed by atoms with van der Waals surface area (Å²) in [5.74, 6) is -0.0531. The molecule has 1 heterocycles. The van der Waals surface area contributed by atoms with E-state index in [4.69, 9.17) is 0 Å². The summed E-state index contributed by atoms with van der Waals surface area (Å²) in [6.07, 6.45) is -4.31. The molecule has 1 aromatic rings. The molecule has 0 aromatic heterocycles. The second kappa shape index (κ2) is 8.40. The van der Waals surface area contributed by atoms with E-state index in [1.165, 1.54) is 19.1 Å². The lowest BCUT2D eigenvalue weighted by Crippen LogP contribution is -2.48. The Morgan fingerprint density at radius 1 is 1.22 bits per heavy atom. The smallest absolute Gasteiger partial charge is 0.369 e. The van der Waals surface area contributed by atoms with Crippen LogP contribution in [0.5, 0.6) is 0 Å². The minimum atomic E-state index is -4.31. The van der Waals surface area contributed by atoms with Gasteiger partial charge in [-0.1, -0.05) is 6.07 Å². The van der Waals surface area contributed by atoms with Crippen LogP contribution < -0.4 is 10.2 Å². The first-order valence-corrected chi connectivity index (χ1v) is 7.25. The molecule has 1 aromatic carbocycles. The van der Waals surface area contributed by atoms with E-state index in [0.29, 0.717) is 25.3 Å². The van der Waals surface area contributed by atoms with E-state index >= 15 is 0 Å². The van der Waals surface area contributed by atoms with Gasteiger partial charge < -0.3 is 10.2 Å². The van der Waals surface area contributed by atoms with Gasteiger partial charge in [-0.2, -0.15) is 13.2 Å². The minimum Gasteiger partial charge on any atom is -0.369 e. The minimum absolute atomic E-state index is 0. The van der Waals surface area contributed by atoms with Crippen LogP contribution in [0.4, 0.5) is 18.9 Å². The summed E-state index contributed by atoms with van der Waals surface area (Å²) in [5, 5.41) is 2.74. The van der Waals surface area contributed by atoms with Crippen LogP contribution in [-0.2, 0) is 11.0 Å². The molecule has 2 rings (SSSR count). The lowest BCUT2D eigenvalue weighted by molar-refractivity contribution is -0.137. The van der Waals surface area contributed by atoms with Crippen molar-refractivity contribution in [3.05, 3.63) is 29.8 Å². The van der Waals surface area contributed by atoms with E-state index in [1.54, 1.807) is 6.07 Å². The number of halogens is 4. The molecule has 1 saturated heterocycles. The van der Waals surface area contributed by atoms with E-state index in [9.17, 15) is 18.0 Å². The van der Waals surface area contributed by atoms with Gasteiger partial charge in [0.15, 0.2) is 0 Å². The van der Waals surface area contributed by atoms with Gasteiger partial charge in [-0.3, -0.25) is 9.69 Å². The Bertz CT molecular complexity index is 517. The molecule has 130 valence electrons. The molecule has 0 radical (unpaired) electrons. The molecule has 0 unspecified atom stereocenters. The monoisotopic (exact) mass is 351 g/mol. The second-order valence-corrected chi connectivity index (χ2v) is 5.36. The number of carbonyl (C=O) groups is 1. The van der Waals surface area contributed by atoms with Crippen molar-refractivity contribution >= 4 is 24.0 Å². The molecule has 0 saturated carbocycles. The summed E-state index contributed by atoms with van der Waals surface area (Å²) in [6, 6.07) is 5.45. The number of piperazine rings is 1. The molecule has 0 atom stereocenters. The van der Waals surface area contributed by atoms with E-state index in [1.807, 2.05) is 4.90 Å². The zero-order chi connectivity index (χ0) is 16.2. The van der Waals surface area contributed by atoms with Crippen LogP contribution in [0.15, 0.2) is 24.3 Å². The number of nitrogens with zero attached hydrogens (tertiary/aromatic N) is 2. The van der Waals surface area contributed by atoms with Gasteiger partial charge in [-0.05, 0) is 18.2 Å². The second-order valence-electron chi connectivity index (χ2n) is 5.36. The highest BCUT2D eigenvalue weighted by molar-refractivity contribution is 5.85. The van der Waals surface area contributed by atoms with Crippen molar-refractivity contribution in [3.8, 4) is 0 Å². The molecular weight excluding hydrogens is 331 g/mol. The first kappa shape index (κ1) is 19.6. The van der Waals surface area contributed by atoms with Crippen molar-refractivity contribution in [3.63, 3.8) is 0 Å². The van der Waals surface area contributed by atoms with Crippen LogP contribution in [0.2, 0.25) is 0 Å². The maximum absolute atomic E-state index is 12.7. The van der Waals surface area contributed by atoms with Crippen molar-refractivity contribution in [2.75, 3.05) is 44.2 Å². The van der Waals surface area contributed by atoms with Gasteiger partial charge in [0.1, 0.15) is 0 Å². The number of rotatable bonds is 4. The number of amides is 1. The summed E-state index contributed by atoms with van der Waals surface area (Å²) >= 11 is 0. The quantitative estimate of drug-likeness (QED) is 0.904. The molecule has 0 aliphatic carbocycles. The summed E-state index contributed by atoms with van der Waals surface area (Å²) in [5.41, 5.74) is -0.00516. The number of alkyl halides is 3. The largest absolute Gasteiger partial charge is 0.416 e. The Labute approximate surface area is 140 Å². The lowest BCUT2D eigenvalue weighted by atomic mass is 10.1.